The van der Waals surface area contributed by atoms with Crippen LogP contribution in [-0.4, -0.2) is 18.3 Å². The van der Waals surface area contributed by atoms with Crippen molar-refractivity contribution in [1.29, 1.82) is 0 Å². The fourth-order valence-electron chi connectivity index (χ4n) is 1.48. The van der Waals surface area contributed by atoms with Gasteiger partial charge in [-0.25, -0.2) is 0 Å². The van der Waals surface area contributed by atoms with Crippen molar-refractivity contribution in [2.45, 2.75) is 27.2 Å². The zero-order valence-corrected chi connectivity index (χ0v) is 12.1. The van der Waals surface area contributed by atoms with E-state index in [9.17, 15) is 0 Å². The maximum Gasteiger partial charge on any atom is 0.170 e. The highest BCUT2D eigenvalue weighted by atomic mass is 32.1. The molecule has 1 aromatic carbocycles. The summed E-state index contributed by atoms with van der Waals surface area (Å²) in [5.41, 5.74) is 0.947. The summed E-state index contributed by atoms with van der Waals surface area (Å²) < 4.78 is 5.44. The van der Waals surface area contributed by atoms with Crippen LogP contribution in [0.5, 0.6) is 5.75 Å². The minimum absolute atomic E-state index is 0.657. The molecule has 0 amide bonds. The van der Waals surface area contributed by atoms with Gasteiger partial charge in [0.2, 0.25) is 0 Å². The van der Waals surface area contributed by atoms with Gasteiger partial charge in [0.1, 0.15) is 5.75 Å². The van der Waals surface area contributed by atoms with Crippen LogP contribution < -0.4 is 15.4 Å². The Balaban J connectivity index is 2.41. The molecule has 1 rings (SSSR count). The van der Waals surface area contributed by atoms with E-state index in [1.54, 1.807) is 0 Å². The molecule has 0 aliphatic carbocycles. The van der Waals surface area contributed by atoms with E-state index >= 15 is 0 Å². The predicted molar refractivity (Wildman–Crippen MR) is 81.3 cm³/mol. The van der Waals surface area contributed by atoms with E-state index in [1.807, 2.05) is 31.2 Å². The molecule has 18 heavy (non-hydrogen) atoms. The van der Waals surface area contributed by atoms with Crippen molar-refractivity contribution in [3.05, 3.63) is 24.3 Å². The van der Waals surface area contributed by atoms with Gasteiger partial charge in [-0.1, -0.05) is 19.9 Å². The van der Waals surface area contributed by atoms with Crippen LogP contribution >= 0.6 is 12.2 Å². The second-order valence-corrected chi connectivity index (χ2v) is 4.93. The molecule has 0 bridgehead atoms. The van der Waals surface area contributed by atoms with Gasteiger partial charge in [-0.15, -0.1) is 0 Å². The van der Waals surface area contributed by atoms with Crippen LogP contribution in [0.2, 0.25) is 0 Å². The topological polar surface area (TPSA) is 33.3 Å². The van der Waals surface area contributed by atoms with Crippen LogP contribution in [0.25, 0.3) is 0 Å². The van der Waals surface area contributed by atoms with Gasteiger partial charge in [0.15, 0.2) is 5.11 Å². The van der Waals surface area contributed by atoms with E-state index in [2.05, 4.69) is 24.5 Å². The molecule has 1 aromatic rings. The van der Waals surface area contributed by atoms with Gasteiger partial charge in [-0.3, -0.25) is 0 Å². The molecule has 0 aliphatic heterocycles. The Bertz CT molecular complexity index is 380. The second kappa shape index (κ2) is 7.93. The monoisotopic (exact) mass is 266 g/mol. The van der Waals surface area contributed by atoms with Crippen LogP contribution in [0.1, 0.15) is 27.2 Å². The first-order valence-corrected chi connectivity index (χ1v) is 6.80. The number of ether oxygens (including phenoxy) is 1. The average molecular weight is 266 g/mol. The molecule has 4 heteroatoms. The highest BCUT2D eigenvalue weighted by molar-refractivity contribution is 7.80. The molecular formula is C14H22N2OS. The van der Waals surface area contributed by atoms with Crippen molar-refractivity contribution in [2.75, 3.05) is 18.5 Å². The van der Waals surface area contributed by atoms with E-state index in [0.29, 0.717) is 17.6 Å². The third-order valence-electron chi connectivity index (χ3n) is 2.41. The standard InChI is InChI=1S/C14H22N2OS/c1-4-17-13-7-5-6-12(10-13)16-14(18)15-9-8-11(2)3/h5-7,10-11H,4,8-9H2,1-3H3,(H2,15,16,18). The zero-order chi connectivity index (χ0) is 13.4. The summed E-state index contributed by atoms with van der Waals surface area (Å²) in [6.45, 7) is 7.93. The fourth-order valence-corrected chi connectivity index (χ4v) is 1.70. The van der Waals surface area contributed by atoms with Gasteiger partial charge in [0.25, 0.3) is 0 Å². The summed E-state index contributed by atoms with van der Waals surface area (Å²) in [7, 11) is 0. The lowest BCUT2D eigenvalue weighted by Gasteiger charge is -2.12. The Morgan fingerprint density at radius 2 is 2.17 bits per heavy atom. The van der Waals surface area contributed by atoms with Crippen LogP contribution in [0.4, 0.5) is 5.69 Å². The third-order valence-corrected chi connectivity index (χ3v) is 2.66. The zero-order valence-electron chi connectivity index (χ0n) is 11.3. The van der Waals surface area contributed by atoms with Crippen molar-refractivity contribution in [2.24, 2.45) is 5.92 Å². The molecule has 3 nitrogen and oxygen atoms in total. The Morgan fingerprint density at radius 3 is 2.83 bits per heavy atom. The average Bonchev–Trinajstić information content (AvgIpc) is 2.29. The van der Waals surface area contributed by atoms with Gasteiger partial charge in [-0.2, -0.15) is 0 Å². The number of hydrogen-bond acceptors (Lipinski definition) is 2. The molecule has 0 atom stereocenters. The van der Waals surface area contributed by atoms with Gasteiger partial charge in [-0.05, 0) is 43.6 Å². The quantitative estimate of drug-likeness (QED) is 0.773. The number of thiocarbonyl (C=S) groups is 1. The van der Waals surface area contributed by atoms with Crippen molar-refractivity contribution < 1.29 is 4.74 Å². The van der Waals surface area contributed by atoms with E-state index < -0.39 is 0 Å². The number of benzene rings is 1. The van der Waals surface area contributed by atoms with Gasteiger partial charge in [0.05, 0.1) is 6.61 Å². The molecule has 0 aliphatic rings. The van der Waals surface area contributed by atoms with Gasteiger partial charge < -0.3 is 15.4 Å². The summed E-state index contributed by atoms with van der Waals surface area (Å²) in [5.74, 6) is 1.54. The minimum Gasteiger partial charge on any atom is -0.494 e. The largest absolute Gasteiger partial charge is 0.494 e. The van der Waals surface area contributed by atoms with Crippen molar-refractivity contribution in [1.82, 2.24) is 5.32 Å². The predicted octanol–water partition coefficient (Wildman–Crippen LogP) is 3.42. The molecule has 100 valence electrons. The maximum absolute atomic E-state index is 5.44. The lowest BCUT2D eigenvalue weighted by molar-refractivity contribution is 0.340. The summed E-state index contributed by atoms with van der Waals surface area (Å²) in [6, 6.07) is 7.80. The fraction of sp³-hybridized carbons (Fsp3) is 0.500. The lowest BCUT2D eigenvalue weighted by atomic mass is 10.1. The highest BCUT2D eigenvalue weighted by Crippen LogP contribution is 2.17. The number of anilines is 1. The molecule has 0 saturated carbocycles. The third kappa shape index (κ3) is 5.87. The molecule has 2 N–H and O–H groups in total. The molecular weight excluding hydrogens is 244 g/mol. The number of nitrogens with one attached hydrogen (secondary N) is 2. The first kappa shape index (κ1) is 14.8. The van der Waals surface area contributed by atoms with E-state index in [-0.39, 0.29) is 0 Å². The molecule has 0 unspecified atom stereocenters. The Labute approximate surface area is 115 Å². The second-order valence-electron chi connectivity index (χ2n) is 4.52. The van der Waals surface area contributed by atoms with Crippen molar-refractivity contribution in [3.8, 4) is 5.75 Å². The molecule has 0 heterocycles. The molecule has 0 saturated heterocycles. The summed E-state index contributed by atoms with van der Waals surface area (Å²) >= 11 is 5.23. The summed E-state index contributed by atoms with van der Waals surface area (Å²) in [6.07, 6.45) is 1.11. The number of rotatable bonds is 6. The normalized spacial score (nSPS) is 10.2. The molecule has 0 fully saturated rings. The Morgan fingerprint density at radius 1 is 1.39 bits per heavy atom. The Hall–Kier alpha value is -1.29. The van der Waals surface area contributed by atoms with Gasteiger partial charge in [0, 0.05) is 18.3 Å². The van der Waals surface area contributed by atoms with Crippen molar-refractivity contribution >= 4 is 23.0 Å². The van der Waals surface area contributed by atoms with Crippen LogP contribution in [0, 0.1) is 5.92 Å². The van der Waals surface area contributed by atoms with E-state index in [1.165, 1.54) is 0 Å². The van der Waals surface area contributed by atoms with Crippen LogP contribution in [-0.2, 0) is 0 Å². The van der Waals surface area contributed by atoms with Gasteiger partial charge >= 0.3 is 0 Å². The first-order valence-electron chi connectivity index (χ1n) is 6.39. The number of hydrogen-bond donors (Lipinski definition) is 2. The van der Waals surface area contributed by atoms with E-state index in [4.69, 9.17) is 17.0 Å². The lowest BCUT2D eigenvalue weighted by Crippen LogP contribution is -2.29. The minimum atomic E-state index is 0.657. The Kier molecular flexibility index (Phi) is 6.50. The smallest absolute Gasteiger partial charge is 0.170 e. The highest BCUT2D eigenvalue weighted by Gasteiger charge is 2.00. The van der Waals surface area contributed by atoms with E-state index in [0.717, 1.165) is 24.4 Å². The SMILES string of the molecule is CCOc1cccc(NC(=S)NCCC(C)C)c1. The van der Waals surface area contributed by atoms with Crippen molar-refractivity contribution in [3.63, 3.8) is 0 Å². The van der Waals surface area contributed by atoms with Crippen LogP contribution in [0.15, 0.2) is 24.3 Å². The first-order chi connectivity index (χ1) is 8.61. The molecule has 0 aromatic heterocycles. The molecule has 0 radical (unpaired) electrons. The summed E-state index contributed by atoms with van der Waals surface area (Å²) in [5, 5.41) is 7.00. The molecule has 0 spiro atoms. The van der Waals surface area contributed by atoms with Crippen LogP contribution in [0.3, 0.4) is 0 Å². The summed E-state index contributed by atoms with van der Waals surface area (Å²) in [4.78, 5) is 0. The maximum atomic E-state index is 5.44.